The number of pyridine rings is 1. The molecule has 0 aliphatic heterocycles. The van der Waals surface area contributed by atoms with Gasteiger partial charge in [-0.15, -0.1) is 0 Å². The Morgan fingerprint density at radius 1 is 1.28 bits per heavy atom. The predicted octanol–water partition coefficient (Wildman–Crippen LogP) is 2.04. The van der Waals surface area contributed by atoms with Gasteiger partial charge >= 0.3 is 0 Å². The van der Waals surface area contributed by atoms with Gasteiger partial charge in [-0.25, -0.2) is 4.98 Å². The summed E-state index contributed by atoms with van der Waals surface area (Å²) < 4.78 is 10.9. The van der Waals surface area contributed by atoms with Crippen molar-refractivity contribution in [3.8, 4) is 11.6 Å². The van der Waals surface area contributed by atoms with Gasteiger partial charge in [-0.05, 0) is 31.0 Å². The summed E-state index contributed by atoms with van der Waals surface area (Å²) in [6.45, 7) is 0.402. The van der Waals surface area contributed by atoms with Crippen molar-refractivity contribution in [2.75, 3.05) is 13.7 Å². The molecule has 1 aliphatic rings. The average Bonchev–Trinajstić information content (AvgIpc) is 3.00. The van der Waals surface area contributed by atoms with Crippen LogP contribution in [0.3, 0.4) is 0 Å². The molecule has 1 amide bonds. The van der Waals surface area contributed by atoms with E-state index in [-0.39, 0.29) is 17.9 Å². The fourth-order valence-electron chi connectivity index (χ4n) is 3.04. The molecule has 1 aromatic carbocycles. The van der Waals surface area contributed by atoms with Crippen molar-refractivity contribution in [3.63, 3.8) is 0 Å². The van der Waals surface area contributed by atoms with Gasteiger partial charge in [0.25, 0.3) is 5.91 Å². The second-order valence-corrected chi connectivity index (χ2v) is 6.09. The molecule has 1 aliphatic carbocycles. The fourth-order valence-corrected chi connectivity index (χ4v) is 3.04. The zero-order valence-corrected chi connectivity index (χ0v) is 14.1. The maximum Gasteiger partial charge on any atom is 0.251 e. The van der Waals surface area contributed by atoms with Crippen LogP contribution in [0, 0.1) is 5.92 Å². The number of para-hydroxylation sites is 1. The first kappa shape index (κ1) is 17.2. The van der Waals surface area contributed by atoms with Crippen molar-refractivity contribution in [3.05, 3.63) is 54.2 Å². The summed E-state index contributed by atoms with van der Waals surface area (Å²) in [6.07, 6.45) is 2.25. The number of amides is 1. The molecule has 0 unspecified atom stereocenters. The van der Waals surface area contributed by atoms with Crippen LogP contribution in [0.5, 0.6) is 11.6 Å². The summed E-state index contributed by atoms with van der Waals surface area (Å²) in [6, 6.07) is 12.7. The number of hydrogen-bond acceptors (Lipinski definition) is 5. The molecular weight excluding hydrogens is 320 g/mol. The molecule has 1 heterocycles. The lowest BCUT2D eigenvalue weighted by Crippen LogP contribution is -2.37. The van der Waals surface area contributed by atoms with E-state index < -0.39 is 6.10 Å². The topological polar surface area (TPSA) is 80.7 Å². The quantitative estimate of drug-likeness (QED) is 0.840. The Bertz CT molecular complexity index is 708. The van der Waals surface area contributed by atoms with Crippen LogP contribution < -0.4 is 14.8 Å². The summed E-state index contributed by atoms with van der Waals surface area (Å²) >= 11 is 0. The van der Waals surface area contributed by atoms with Gasteiger partial charge in [-0.3, -0.25) is 4.79 Å². The molecule has 3 atom stereocenters. The number of nitrogens with zero attached hydrogens (tertiary/aromatic N) is 1. The van der Waals surface area contributed by atoms with E-state index in [0.717, 1.165) is 18.6 Å². The highest BCUT2D eigenvalue weighted by atomic mass is 16.5. The molecule has 1 saturated carbocycles. The first-order valence-corrected chi connectivity index (χ1v) is 8.35. The van der Waals surface area contributed by atoms with Crippen molar-refractivity contribution in [2.24, 2.45) is 5.92 Å². The van der Waals surface area contributed by atoms with E-state index >= 15 is 0 Å². The Morgan fingerprint density at radius 3 is 2.84 bits per heavy atom. The van der Waals surface area contributed by atoms with Gasteiger partial charge in [0.05, 0.1) is 13.2 Å². The summed E-state index contributed by atoms with van der Waals surface area (Å²) in [5, 5.41) is 13.3. The molecule has 2 aromatic rings. The highest BCUT2D eigenvalue weighted by Gasteiger charge is 2.36. The van der Waals surface area contributed by atoms with Crippen LogP contribution in [-0.2, 0) is 0 Å². The Labute approximate surface area is 146 Å². The van der Waals surface area contributed by atoms with Gasteiger partial charge in [0, 0.05) is 30.3 Å². The van der Waals surface area contributed by atoms with E-state index in [1.54, 1.807) is 12.1 Å². The number of aromatic nitrogens is 1. The van der Waals surface area contributed by atoms with Crippen LogP contribution in [0.1, 0.15) is 23.2 Å². The third kappa shape index (κ3) is 4.28. The van der Waals surface area contributed by atoms with Crippen LogP contribution in [0.25, 0.3) is 0 Å². The van der Waals surface area contributed by atoms with Crippen molar-refractivity contribution in [2.45, 2.75) is 25.0 Å². The number of hydrogen-bond donors (Lipinski definition) is 2. The van der Waals surface area contributed by atoms with Crippen LogP contribution in [0.4, 0.5) is 0 Å². The largest absolute Gasteiger partial charge is 0.488 e. The average molecular weight is 342 g/mol. The second-order valence-electron chi connectivity index (χ2n) is 6.09. The molecular formula is C19H22N2O4. The maximum absolute atomic E-state index is 12.2. The van der Waals surface area contributed by atoms with Crippen LogP contribution >= 0.6 is 0 Å². The zero-order valence-electron chi connectivity index (χ0n) is 14.1. The molecule has 2 N–H and O–H groups in total. The minimum Gasteiger partial charge on any atom is -0.488 e. The Morgan fingerprint density at radius 2 is 2.08 bits per heavy atom. The van der Waals surface area contributed by atoms with E-state index in [4.69, 9.17) is 9.47 Å². The van der Waals surface area contributed by atoms with Gasteiger partial charge in [0.1, 0.15) is 11.9 Å². The van der Waals surface area contributed by atoms with Gasteiger partial charge in [-0.1, -0.05) is 18.2 Å². The number of rotatable bonds is 6. The fraction of sp³-hybridized carbons (Fsp3) is 0.368. The molecule has 3 rings (SSSR count). The Kier molecular flexibility index (Phi) is 5.50. The smallest absolute Gasteiger partial charge is 0.251 e. The van der Waals surface area contributed by atoms with Crippen molar-refractivity contribution < 1.29 is 19.4 Å². The van der Waals surface area contributed by atoms with Gasteiger partial charge in [0.2, 0.25) is 5.88 Å². The molecule has 1 fully saturated rings. The molecule has 0 spiro atoms. The molecule has 0 radical (unpaired) electrons. The van der Waals surface area contributed by atoms with E-state index in [9.17, 15) is 9.90 Å². The number of methoxy groups -OCH3 is 1. The summed E-state index contributed by atoms with van der Waals surface area (Å²) in [5.74, 6) is 0.909. The van der Waals surface area contributed by atoms with Gasteiger partial charge in [0.15, 0.2) is 0 Å². The lowest BCUT2D eigenvalue weighted by molar-refractivity contribution is 0.0348. The minimum absolute atomic E-state index is 0.0265. The third-order valence-electron chi connectivity index (χ3n) is 4.45. The highest BCUT2D eigenvalue weighted by molar-refractivity contribution is 5.94. The number of carbonyl (C=O) groups is 1. The van der Waals surface area contributed by atoms with E-state index in [1.165, 1.54) is 13.3 Å². The third-order valence-corrected chi connectivity index (χ3v) is 4.45. The summed E-state index contributed by atoms with van der Waals surface area (Å²) in [5.41, 5.74) is 0.483. The highest BCUT2D eigenvalue weighted by Crippen LogP contribution is 2.29. The molecule has 132 valence electrons. The zero-order chi connectivity index (χ0) is 17.6. The van der Waals surface area contributed by atoms with Crippen LogP contribution in [-0.4, -0.2) is 41.9 Å². The Balaban J connectivity index is 1.52. The maximum atomic E-state index is 12.2. The SMILES string of the molecule is COc1cc(C(=O)NC[C@H]2CC[C@@H](Oc3ccccc3)[C@@H]2O)ccn1. The Hall–Kier alpha value is -2.60. The normalized spacial score (nSPS) is 22.4. The number of benzene rings is 1. The van der Waals surface area contributed by atoms with Crippen molar-refractivity contribution >= 4 is 5.91 Å². The molecule has 25 heavy (non-hydrogen) atoms. The summed E-state index contributed by atoms with van der Waals surface area (Å²) in [7, 11) is 1.51. The van der Waals surface area contributed by atoms with Crippen LogP contribution in [0.15, 0.2) is 48.7 Å². The monoisotopic (exact) mass is 342 g/mol. The van der Waals surface area contributed by atoms with E-state index in [0.29, 0.717) is 18.0 Å². The second kappa shape index (κ2) is 7.98. The number of nitrogens with one attached hydrogen (secondary N) is 1. The number of aliphatic hydroxyl groups excluding tert-OH is 1. The first-order valence-electron chi connectivity index (χ1n) is 8.35. The molecule has 6 heteroatoms. The number of ether oxygens (including phenoxy) is 2. The number of aliphatic hydroxyl groups is 1. The van der Waals surface area contributed by atoms with E-state index in [2.05, 4.69) is 10.3 Å². The standard InChI is InChI=1S/C19H22N2O4/c1-24-17-11-13(9-10-20-17)19(23)21-12-14-7-8-16(18(14)22)25-15-5-3-2-4-6-15/h2-6,9-11,14,16,18,22H,7-8,12H2,1H3,(H,21,23)/t14-,16-,18-/m1/s1. The van der Waals surface area contributed by atoms with Gasteiger partial charge in [-0.2, -0.15) is 0 Å². The van der Waals surface area contributed by atoms with Crippen molar-refractivity contribution in [1.82, 2.24) is 10.3 Å². The number of carbonyl (C=O) groups excluding carboxylic acids is 1. The first-order chi connectivity index (χ1) is 12.2. The molecule has 6 nitrogen and oxygen atoms in total. The van der Waals surface area contributed by atoms with Crippen LogP contribution in [0.2, 0.25) is 0 Å². The summed E-state index contributed by atoms with van der Waals surface area (Å²) in [4.78, 5) is 16.2. The minimum atomic E-state index is -0.604. The molecule has 0 saturated heterocycles. The van der Waals surface area contributed by atoms with E-state index in [1.807, 2.05) is 30.3 Å². The molecule has 1 aromatic heterocycles. The molecule has 0 bridgehead atoms. The van der Waals surface area contributed by atoms with Gasteiger partial charge < -0.3 is 19.9 Å². The predicted molar refractivity (Wildman–Crippen MR) is 92.7 cm³/mol. The lowest BCUT2D eigenvalue weighted by atomic mass is 10.1. The van der Waals surface area contributed by atoms with Crippen molar-refractivity contribution in [1.29, 1.82) is 0 Å². The lowest BCUT2D eigenvalue weighted by Gasteiger charge is -2.21.